The molecule has 0 bridgehead atoms. The first-order valence-corrected chi connectivity index (χ1v) is 7.72. The quantitative estimate of drug-likeness (QED) is 0.782. The largest absolute Gasteiger partial charge is 0.449 e. The first-order valence-electron chi connectivity index (χ1n) is 6.59. The molecule has 0 aliphatic rings. The maximum atomic E-state index is 12.1. The molecule has 120 valence electrons. The molecule has 0 aromatic heterocycles. The van der Waals surface area contributed by atoms with Crippen molar-refractivity contribution in [3.8, 4) is 0 Å². The fourth-order valence-corrected chi connectivity index (χ4v) is 2.28. The Hall–Kier alpha value is -1.75. The van der Waals surface area contributed by atoms with Crippen molar-refractivity contribution in [2.45, 2.75) is 13.0 Å². The lowest BCUT2D eigenvalue weighted by atomic mass is 10.2. The molecule has 23 heavy (non-hydrogen) atoms. The zero-order valence-corrected chi connectivity index (χ0v) is 14.2. The van der Waals surface area contributed by atoms with E-state index in [1.165, 1.54) is 25.1 Å². The van der Waals surface area contributed by atoms with Gasteiger partial charge in [-0.1, -0.05) is 34.8 Å². The van der Waals surface area contributed by atoms with Gasteiger partial charge in [0.05, 0.1) is 16.3 Å². The third-order valence-electron chi connectivity index (χ3n) is 2.92. The summed E-state index contributed by atoms with van der Waals surface area (Å²) in [7, 11) is 0. The third kappa shape index (κ3) is 4.86. The van der Waals surface area contributed by atoms with Gasteiger partial charge in [-0.25, -0.2) is 4.79 Å². The number of halogens is 3. The number of ether oxygens (including phenoxy) is 1. The predicted molar refractivity (Wildman–Crippen MR) is 91.4 cm³/mol. The summed E-state index contributed by atoms with van der Waals surface area (Å²) in [6.07, 6.45) is -0.995. The fraction of sp³-hybridized carbons (Fsp3) is 0.125. The third-order valence-corrected chi connectivity index (χ3v) is 3.72. The Morgan fingerprint density at radius 3 is 2.22 bits per heavy atom. The van der Waals surface area contributed by atoms with Crippen molar-refractivity contribution in [2.75, 3.05) is 5.32 Å². The van der Waals surface area contributed by atoms with Gasteiger partial charge in [0.1, 0.15) is 0 Å². The molecule has 0 aliphatic carbocycles. The van der Waals surface area contributed by atoms with Gasteiger partial charge >= 0.3 is 5.97 Å². The van der Waals surface area contributed by atoms with E-state index in [-0.39, 0.29) is 0 Å². The molecule has 1 N–H and O–H groups in total. The maximum absolute atomic E-state index is 12.1. The summed E-state index contributed by atoms with van der Waals surface area (Å²) in [5, 5.41) is 3.83. The molecule has 0 heterocycles. The topological polar surface area (TPSA) is 55.4 Å². The van der Waals surface area contributed by atoms with E-state index < -0.39 is 18.0 Å². The Balaban J connectivity index is 1.99. The van der Waals surface area contributed by atoms with Crippen LogP contribution in [0.5, 0.6) is 0 Å². The summed E-state index contributed by atoms with van der Waals surface area (Å²) in [4.78, 5) is 24.0. The highest BCUT2D eigenvalue weighted by Gasteiger charge is 2.19. The molecule has 2 rings (SSSR count). The number of carbonyl (C=O) groups is 2. The highest BCUT2D eigenvalue weighted by atomic mass is 35.5. The molecule has 0 unspecified atom stereocenters. The average Bonchev–Trinajstić information content (AvgIpc) is 2.50. The van der Waals surface area contributed by atoms with Crippen LogP contribution in [0.1, 0.15) is 17.3 Å². The number of hydrogen-bond donors (Lipinski definition) is 1. The van der Waals surface area contributed by atoms with Gasteiger partial charge in [-0.2, -0.15) is 0 Å². The molecule has 2 aromatic rings. The predicted octanol–water partition coefficient (Wildman–Crippen LogP) is 4.83. The number of anilines is 1. The van der Waals surface area contributed by atoms with Crippen molar-refractivity contribution in [2.24, 2.45) is 0 Å². The minimum atomic E-state index is -0.995. The number of nitrogens with one attached hydrogen (secondary N) is 1. The molecule has 0 fully saturated rings. The van der Waals surface area contributed by atoms with Gasteiger partial charge in [0, 0.05) is 10.0 Å². The van der Waals surface area contributed by atoms with E-state index in [9.17, 15) is 9.59 Å². The van der Waals surface area contributed by atoms with Crippen LogP contribution in [0.4, 0.5) is 5.69 Å². The Morgan fingerprint density at radius 1 is 1.00 bits per heavy atom. The van der Waals surface area contributed by atoms with Gasteiger partial charge in [0.2, 0.25) is 0 Å². The SMILES string of the molecule is C[C@H](OC(=O)c1ccc(Cl)cc1)C(=O)Nc1ccc(Cl)cc1Cl. The van der Waals surface area contributed by atoms with Gasteiger partial charge in [-0.15, -0.1) is 0 Å². The number of benzene rings is 2. The number of amides is 1. The lowest BCUT2D eigenvalue weighted by Crippen LogP contribution is -2.30. The van der Waals surface area contributed by atoms with Crippen LogP contribution < -0.4 is 5.32 Å². The van der Waals surface area contributed by atoms with Gasteiger partial charge in [0.25, 0.3) is 5.91 Å². The molecule has 0 aliphatic heterocycles. The summed E-state index contributed by atoms with van der Waals surface area (Å²) in [5.74, 6) is -1.12. The van der Waals surface area contributed by atoms with Crippen molar-refractivity contribution < 1.29 is 14.3 Å². The number of hydrogen-bond acceptors (Lipinski definition) is 3. The van der Waals surface area contributed by atoms with Crippen LogP contribution in [-0.2, 0) is 9.53 Å². The van der Waals surface area contributed by atoms with E-state index in [2.05, 4.69) is 5.32 Å². The van der Waals surface area contributed by atoms with Crippen molar-refractivity contribution in [1.29, 1.82) is 0 Å². The Labute approximate surface area is 148 Å². The van der Waals surface area contributed by atoms with Gasteiger partial charge in [0.15, 0.2) is 6.10 Å². The molecular weight excluding hydrogens is 361 g/mol. The van der Waals surface area contributed by atoms with Crippen molar-refractivity contribution in [1.82, 2.24) is 0 Å². The average molecular weight is 373 g/mol. The van der Waals surface area contributed by atoms with Gasteiger partial charge in [-0.3, -0.25) is 4.79 Å². The van der Waals surface area contributed by atoms with Crippen LogP contribution in [0, 0.1) is 0 Å². The second kappa shape index (κ2) is 7.68. The molecular formula is C16H12Cl3NO3. The molecule has 0 radical (unpaired) electrons. The summed E-state index contributed by atoms with van der Waals surface area (Å²) in [6.45, 7) is 1.47. The highest BCUT2D eigenvalue weighted by molar-refractivity contribution is 6.36. The monoisotopic (exact) mass is 371 g/mol. The van der Waals surface area contributed by atoms with E-state index in [0.717, 1.165) is 0 Å². The van der Waals surface area contributed by atoms with Crippen LogP contribution in [0.25, 0.3) is 0 Å². The lowest BCUT2D eigenvalue weighted by Gasteiger charge is -2.14. The summed E-state index contributed by atoms with van der Waals surface area (Å²) < 4.78 is 5.11. The van der Waals surface area contributed by atoms with Crippen LogP contribution in [-0.4, -0.2) is 18.0 Å². The van der Waals surface area contributed by atoms with Crippen LogP contribution >= 0.6 is 34.8 Å². The van der Waals surface area contributed by atoms with E-state index in [1.807, 2.05) is 0 Å². The summed E-state index contributed by atoms with van der Waals surface area (Å²) in [5.41, 5.74) is 0.689. The Kier molecular flexibility index (Phi) is 5.88. The first-order chi connectivity index (χ1) is 10.9. The summed E-state index contributed by atoms with van der Waals surface area (Å²) >= 11 is 17.5. The fourth-order valence-electron chi connectivity index (χ4n) is 1.69. The van der Waals surface area contributed by atoms with Crippen LogP contribution in [0.2, 0.25) is 15.1 Å². The molecule has 0 saturated carbocycles. The van der Waals surface area contributed by atoms with Crippen molar-refractivity contribution in [3.05, 3.63) is 63.1 Å². The highest BCUT2D eigenvalue weighted by Crippen LogP contribution is 2.25. The normalized spacial score (nSPS) is 11.7. The minimum absolute atomic E-state index is 0.294. The number of esters is 1. The molecule has 1 amide bonds. The van der Waals surface area contributed by atoms with Crippen molar-refractivity contribution >= 4 is 52.4 Å². The van der Waals surface area contributed by atoms with Crippen LogP contribution in [0.3, 0.4) is 0 Å². The zero-order chi connectivity index (χ0) is 17.0. The Morgan fingerprint density at radius 2 is 1.61 bits per heavy atom. The van der Waals surface area contributed by atoms with Gasteiger partial charge < -0.3 is 10.1 Å². The second-order valence-corrected chi connectivity index (χ2v) is 5.95. The molecule has 1 atom stereocenters. The number of carbonyl (C=O) groups excluding carboxylic acids is 2. The van der Waals surface area contributed by atoms with E-state index >= 15 is 0 Å². The lowest BCUT2D eigenvalue weighted by molar-refractivity contribution is -0.123. The van der Waals surface area contributed by atoms with Gasteiger partial charge in [-0.05, 0) is 49.4 Å². The molecule has 4 nitrogen and oxygen atoms in total. The van der Waals surface area contributed by atoms with Crippen molar-refractivity contribution in [3.63, 3.8) is 0 Å². The standard InChI is InChI=1S/C16H12Cl3NO3/c1-9(23-16(22)10-2-4-11(17)5-3-10)15(21)20-14-7-6-12(18)8-13(14)19/h2-9H,1H3,(H,20,21)/t9-/m0/s1. The molecule has 0 saturated heterocycles. The maximum Gasteiger partial charge on any atom is 0.338 e. The molecule has 7 heteroatoms. The molecule has 2 aromatic carbocycles. The first kappa shape index (κ1) is 17.6. The Bertz CT molecular complexity index is 732. The summed E-state index contributed by atoms with van der Waals surface area (Å²) in [6, 6.07) is 10.8. The smallest absolute Gasteiger partial charge is 0.338 e. The zero-order valence-electron chi connectivity index (χ0n) is 12.0. The second-order valence-electron chi connectivity index (χ2n) is 4.67. The van der Waals surface area contributed by atoms with Crippen LogP contribution in [0.15, 0.2) is 42.5 Å². The minimum Gasteiger partial charge on any atom is -0.449 e. The van der Waals surface area contributed by atoms with E-state index in [1.54, 1.807) is 24.3 Å². The van der Waals surface area contributed by atoms with E-state index in [0.29, 0.717) is 26.3 Å². The van der Waals surface area contributed by atoms with E-state index in [4.69, 9.17) is 39.5 Å². The molecule has 0 spiro atoms. The number of rotatable bonds is 4.